The molecule has 1 aromatic carbocycles. The van der Waals surface area contributed by atoms with Crippen molar-refractivity contribution in [2.75, 3.05) is 12.8 Å². The third kappa shape index (κ3) is 3.02. The quantitative estimate of drug-likeness (QED) is 0.504. The van der Waals surface area contributed by atoms with Gasteiger partial charge in [-0.05, 0) is 18.9 Å². The van der Waals surface area contributed by atoms with Crippen molar-refractivity contribution in [3.05, 3.63) is 23.0 Å². The number of nitrogen functional groups attached to an aromatic ring is 1. The molecule has 1 atom stereocenters. The van der Waals surface area contributed by atoms with Gasteiger partial charge in [0.05, 0.1) is 10.7 Å². The van der Waals surface area contributed by atoms with Crippen molar-refractivity contribution in [1.29, 1.82) is 0 Å². The van der Waals surface area contributed by atoms with Gasteiger partial charge in [0, 0.05) is 13.2 Å². The molecule has 0 aliphatic carbocycles. The molecule has 0 saturated carbocycles. The van der Waals surface area contributed by atoms with E-state index >= 15 is 0 Å². The Balaban J connectivity index is 2.95. The van der Waals surface area contributed by atoms with E-state index in [-0.39, 0.29) is 16.5 Å². The van der Waals surface area contributed by atoms with Crippen molar-refractivity contribution in [3.63, 3.8) is 0 Å². The van der Waals surface area contributed by atoms with Crippen LogP contribution < -0.4 is 10.5 Å². The molecule has 1 aromatic rings. The Morgan fingerprint density at radius 3 is 2.75 bits per heavy atom. The summed E-state index contributed by atoms with van der Waals surface area (Å²) >= 11 is 5.78. The van der Waals surface area contributed by atoms with E-state index in [1.807, 2.05) is 0 Å². The molecule has 0 amide bonds. The van der Waals surface area contributed by atoms with Crippen LogP contribution in [0.4, 0.5) is 10.1 Å². The Hall–Kier alpha value is -1.44. The Morgan fingerprint density at radius 2 is 2.19 bits per heavy atom. The first-order chi connectivity index (χ1) is 7.58. The molecule has 2 N–H and O–H groups in total. The van der Waals surface area contributed by atoms with Gasteiger partial charge in [-0.1, -0.05) is 11.6 Å². The lowest BCUT2D eigenvalue weighted by Gasteiger charge is -2.13. The summed E-state index contributed by atoms with van der Waals surface area (Å²) < 4.78 is 23.2. The molecular weight excluding hydrogens is 233 g/mol. The molecule has 0 fully saturated rings. The van der Waals surface area contributed by atoms with E-state index in [4.69, 9.17) is 26.8 Å². The summed E-state index contributed by atoms with van der Waals surface area (Å²) in [5.74, 6) is 4.93. The van der Waals surface area contributed by atoms with Crippen LogP contribution in [0.15, 0.2) is 12.1 Å². The Kier molecular flexibility index (Phi) is 4.41. The minimum Gasteiger partial charge on any atom is -0.452 e. The molecule has 1 rings (SSSR count). The molecule has 1 unspecified atom stereocenters. The Bertz CT molecular complexity index is 440. The number of anilines is 1. The summed E-state index contributed by atoms with van der Waals surface area (Å²) in [5.41, 5.74) is 5.35. The van der Waals surface area contributed by atoms with Crippen LogP contribution in [0, 0.1) is 17.7 Å². The number of nitrogens with two attached hydrogens (primary N) is 1. The van der Waals surface area contributed by atoms with E-state index in [2.05, 4.69) is 11.8 Å². The number of hydrogen-bond donors (Lipinski definition) is 1. The summed E-state index contributed by atoms with van der Waals surface area (Å²) in [6.07, 6.45) is -0.757. The number of ether oxygens (including phenoxy) is 2. The van der Waals surface area contributed by atoms with Crippen molar-refractivity contribution in [2.45, 2.75) is 13.2 Å². The second-order valence-corrected chi connectivity index (χ2v) is 3.29. The van der Waals surface area contributed by atoms with Gasteiger partial charge in [-0.25, -0.2) is 4.39 Å². The predicted octanol–water partition coefficient (Wildman–Crippen LogP) is 2.44. The van der Waals surface area contributed by atoms with Crippen molar-refractivity contribution < 1.29 is 13.9 Å². The van der Waals surface area contributed by atoms with Gasteiger partial charge >= 0.3 is 0 Å². The highest BCUT2D eigenvalue weighted by Gasteiger charge is 2.11. The largest absolute Gasteiger partial charge is 0.452 e. The van der Waals surface area contributed by atoms with Gasteiger partial charge in [-0.2, -0.15) is 0 Å². The molecule has 3 nitrogen and oxygen atoms in total. The average molecular weight is 244 g/mol. The van der Waals surface area contributed by atoms with Crippen molar-refractivity contribution >= 4 is 17.3 Å². The third-order valence-corrected chi connectivity index (χ3v) is 2.06. The zero-order valence-electron chi connectivity index (χ0n) is 8.88. The Labute approximate surface area is 98.3 Å². The molecule has 0 aliphatic rings. The van der Waals surface area contributed by atoms with Gasteiger partial charge < -0.3 is 15.2 Å². The van der Waals surface area contributed by atoms with E-state index in [0.717, 1.165) is 6.07 Å². The zero-order valence-corrected chi connectivity index (χ0v) is 9.64. The maximum absolute atomic E-state index is 13.0. The predicted molar refractivity (Wildman–Crippen MR) is 60.7 cm³/mol. The first-order valence-corrected chi connectivity index (χ1v) is 4.82. The molecular formula is C11H11ClFNO2. The van der Waals surface area contributed by atoms with E-state index in [1.54, 1.807) is 6.92 Å². The van der Waals surface area contributed by atoms with Gasteiger partial charge in [0.25, 0.3) is 6.29 Å². The number of halogens is 2. The normalized spacial score (nSPS) is 11.5. The summed E-state index contributed by atoms with van der Waals surface area (Å²) in [5, 5.41) is 0.117. The summed E-state index contributed by atoms with van der Waals surface area (Å²) in [6.45, 7) is 1.65. The van der Waals surface area contributed by atoms with Gasteiger partial charge in [-0.15, -0.1) is 5.92 Å². The first-order valence-electron chi connectivity index (χ1n) is 4.44. The fraction of sp³-hybridized carbons (Fsp3) is 0.273. The van der Waals surface area contributed by atoms with E-state index in [9.17, 15) is 4.39 Å². The average Bonchev–Trinajstić information content (AvgIpc) is 2.25. The highest BCUT2D eigenvalue weighted by molar-refractivity contribution is 6.32. The monoisotopic (exact) mass is 243 g/mol. The van der Waals surface area contributed by atoms with E-state index in [0.29, 0.717) is 0 Å². The molecule has 0 heterocycles. The van der Waals surface area contributed by atoms with Crippen molar-refractivity contribution in [2.24, 2.45) is 0 Å². The lowest BCUT2D eigenvalue weighted by molar-refractivity contribution is -0.00809. The van der Waals surface area contributed by atoms with Crippen molar-refractivity contribution in [3.8, 4) is 17.6 Å². The van der Waals surface area contributed by atoms with Crippen LogP contribution in [0.3, 0.4) is 0 Å². The van der Waals surface area contributed by atoms with Crippen molar-refractivity contribution in [1.82, 2.24) is 0 Å². The lowest BCUT2D eigenvalue weighted by atomic mass is 10.3. The third-order valence-electron chi connectivity index (χ3n) is 1.76. The summed E-state index contributed by atoms with van der Waals surface area (Å²) in [6, 6.07) is 2.37. The highest BCUT2D eigenvalue weighted by atomic mass is 35.5. The smallest absolute Gasteiger partial charge is 0.264 e. The Morgan fingerprint density at radius 1 is 1.50 bits per heavy atom. The molecule has 0 spiro atoms. The summed E-state index contributed by atoms with van der Waals surface area (Å²) in [7, 11) is 1.44. The number of rotatable bonds is 3. The van der Waals surface area contributed by atoms with Gasteiger partial charge in [0.15, 0.2) is 0 Å². The number of benzene rings is 1. The standard InChI is InChI=1S/C11H11ClFNO2/c1-3-4-11(15-2)16-10-6-9(14)8(13)5-7(10)12/h5-6,11H,14H2,1-2H3. The van der Waals surface area contributed by atoms with Crippen LogP contribution >= 0.6 is 11.6 Å². The molecule has 5 heteroatoms. The van der Waals surface area contributed by atoms with Gasteiger partial charge in [0.2, 0.25) is 0 Å². The van der Waals surface area contributed by atoms with Crippen LogP contribution in [-0.2, 0) is 4.74 Å². The fourth-order valence-electron chi connectivity index (χ4n) is 1.00. The van der Waals surface area contributed by atoms with Gasteiger partial charge in [-0.3, -0.25) is 0 Å². The maximum Gasteiger partial charge on any atom is 0.264 e. The zero-order chi connectivity index (χ0) is 12.1. The second-order valence-electron chi connectivity index (χ2n) is 2.88. The molecule has 0 aliphatic heterocycles. The number of methoxy groups -OCH3 is 1. The fourth-order valence-corrected chi connectivity index (χ4v) is 1.20. The molecule has 0 bridgehead atoms. The summed E-state index contributed by atoms with van der Waals surface area (Å²) in [4.78, 5) is 0. The maximum atomic E-state index is 13.0. The topological polar surface area (TPSA) is 44.5 Å². The molecule has 0 saturated heterocycles. The van der Waals surface area contributed by atoms with E-state index in [1.165, 1.54) is 13.2 Å². The highest BCUT2D eigenvalue weighted by Crippen LogP contribution is 2.29. The minimum absolute atomic E-state index is 0.0429. The van der Waals surface area contributed by atoms with Crippen LogP contribution in [0.25, 0.3) is 0 Å². The van der Waals surface area contributed by atoms with Crippen LogP contribution in [-0.4, -0.2) is 13.4 Å². The molecule has 86 valence electrons. The van der Waals surface area contributed by atoms with Crippen LogP contribution in [0.2, 0.25) is 5.02 Å². The SMILES string of the molecule is CC#CC(OC)Oc1cc(N)c(F)cc1Cl. The van der Waals surface area contributed by atoms with Gasteiger partial charge in [0.1, 0.15) is 11.6 Å². The van der Waals surface area contributed by atoms with E-state index < -0.39 is 12.1 Å². The molecule has 16 heavy (non-hydrogen) atoms. The van der Waals surface area contributed by atoms with Crippen LogP contribution in [0.5, 0.6) is 5.75 Å². The molecule has 0 aromatic heterocycles. The number of hydrogen-bond acceptors (Lipinski definition) is 3. The second kappa shape index (κ2) is 5.59. The first kappa shape index (κ1) is 12.6. The minimum atomic E-state index is -0.757. The molecule has 0 radical (unpaired) electrons. The van der Waals surface area contributed by atoms with Crippen LogP contribution in [0.1, 0.15) is 6.92 Å². The lowest BCUT2D eigenvalue weighted by Crippen LogP contribution is -2.16.